The fraction of sp³-hybridized carbons (Fsp3) is 0.281. The molecule has 3 atom stereocenters. The molecule has 1 saturated carbocycles. The van der Waals surface area contributed by atoms with Gasteiger partial charge < -0.3 is 19.7 Å². The second kappa shape index (κ2) is 12.0. The van der Waals surface area contributed by atoms with Gasteiger partial charge in [0.05, 0.1) is 5.56 Å². The van der Waals surface area contributed by atoms with E-state index in [0.717, 1.165) is 5.56 Å². The fourth-order valence-corrected chi connectivity index (χ4v) is 4.70. The number of aromatic nitrogens is 2. The standard InChI is InChI=1S/C32H31FN4O6/c1-32(2,3)42-31(41)34-21-12-10-20(11-13-21)29-36-27(37-43-29)22-14-9-18(15-25(22)33)16-26(30(39)40)35-28(38)24-17-23(24)19-7-5-4-6-8-19/h4-15,23-24,26H,16-17H2,1-3H3,(H,34,41)(H,35,38)(H,39,40)/t23-,24+,26?/m0/s1. The van der Waals surface area contributed by atoms with E-state index >= 15 is 4.39 Å². The molecule has 0 spiro atoms. The first-order valence-corrected chi connectivity index (χ1v) is 13.8. The van der Waals surface area contributed by atoms with Gasteiger partial charge in [-0.15, -0.1) is 0 Å². The molecule has 43 heavy (non-hydrogen) atoms. The largest absolute Gasteiger partial charge is 0.480 e. The number of hydrogen-bond acceptors (Lipinski definition) is 7. The molecule has 0 aliphatic heterocycles. The van der Waals surface area contributed by atoms with E-state index < -0.39 is 29.5 Å². The summed E-state index contributed by atoms with van der Waals surface area (Å²) in [5, 5.41) is 18.8. The van der Waals surface area contributed by atoms with Gasteiger partial charge in [-0.2, -0.15) is 4.98 Å². The lowest BCUT2D eigenvalue weighted by Gasteiger charge is -2.19. The molecule has 10 nitrogen and oxygen atoms in total. The fourth-order valence-electron chi connectivity index (χ4n) is 4.70. The summed E-state index contributed by atoms with van der Waals surface area (Å²) >= 11 is 0. The second-order valence-electron chi connectivity index (χ2n) is 11.4. The topological polar surface area (TPSA) is 144 Å². The van der Waals surface area contributed by atoms with Crippen molar-refractivity contribution in [2.45, 2.75) is 51.2 Å². The molecule has 0 bridgehead atoms. The molecular formula is C32H31FN4O6. The minimum absolute atomic E-state index is 0.0128. The quantitative estimate of drug-likeness (QED) is 0.223. The Morgan fingerprint density at radius 2 is 1.79 bits per heavy atom. The van der Waals surface area contributed by atoms with Gasteiger partial charge in [0.15, 0.2) is 0 Å². The van der Waals surface area contributed by atoms with Crippen molar-refractivity contribution in [1.82, 2.24) is 15.5 Å². The van der Waals surface area contributed by atoms with Gasteiger partial charge in [-0.05, 0) is 80.6 Å². The third kappa shape index (κ3) is 7.42. The van der Waals surface area contributed by atoms with Crippen molar-refractivity contribution in [2.75, 3.05) is 5.32 Å². The predicted molar refractivity (Wildman–Crippen MR) is 156 cm³/mol. The van der Waals surface area contributed by atoms with Crippen LogP contribution in [-0.4, -0.2) is 44.9 Å². The summed E-state index contributed by atoms with van der Waals surface area (Å²) in [7, 11) is 0. The number of aliphatic carboxylic acids is 1. The van der Waals surface area contributed by atoms with Crippen LogP contribution in [0.4, 0.5) is 14.9 Å². The maximum absolute atomic E-state index is 15.1. The molecule has 1 fully saturated rings. The van der Waals surface area contributed by atoms with E-state index in [1.165, 1.54) is 12.1 Å². The number of nitrogens with zero attached hydrogens (tertiary/aromatic N) is 2. The van der Waals surface area contributed by atoms with Crippen LogP contribution in [0.5, 0.6) is 0 Å². The van der Waals surface area contributed by atoms with E-state index in [1.54, 1.807) is 51.1 Å². The Morgan fingerprint density at radius 1 is 1.07 bits per heavy atom. The molecule has 3 aromatic carbocycles. The van der Waals surface area contributed by atoms with E-state index in [-0.39, 0.29) is 41.4 Å². The number of hydrogen-bond donors (Lipinski definition) is 3. The van der Waals surface area contributed by atoms with E-state index in [1.807, 2.05) is 30.3 Å². The number of nitrogens with one attached hydrogen (secondary N) is 2. The Morgan fingerprint density at radius 3 is 2.44 bits per heavy atom. The Labute approximate surface area is 247 Å². The lowest BCUT2D eigenvalue weighted by atomic mass is 10.0. The van der Waals surface area contributed by atoms with Crippen LogP contribution in [0.3, 0.4) is 0 Å². The zero-order valence-corrected chi connectivity index (χ0v) is 23.8. The zero-order chi connectivity index (χ0) is 30.7. The number of carbonyl (C=O) groups is 3. The molecule has 4 aromatic rings. The molecule has 1 heterocycles. The lowest BCUT2D eigenvalue weighted by Crippen LogP contribution is -2.43. The summed E-state index contributed by atoms with van der Waals surface area (Å²) in [6.07, 6.45) is -0.0241. The summed E-state index contributed by atoms with van der Waals surface area (Å²) in [6, 6.07) is 19.2. The van der Waals surface area contributed by atoms with E-state index in [2.05, 4.69) is 20.8 Å². The molecule has 1 aliphatic carbocycles. The number of ether oxygens (including phenoxy) is 1. The van der Waals surface area contributed by atoms with Gasteiger partial charge in [-0.3, -0.25) is 10.1 Å². The zero-order valence-electron chi connectivity index (χ0n) is 23.8. The highest BCUT2D eigenvalue weighted by molar-refractivity contribution is 5.88. The molecule has 1 aliphatic rings. The molecule has 1 aromatic heterocycles. The summed E-state index contributed by atoms with van der Waals surface area (Å²) in [5.41, 5.74) is 1.93. The van der Waals surface area contributed by atoms with Crippen LogP contribution < -0.4 is 10.6 Å². The number of carboxylic acid groups (broad SMARTS) is 1. The van der Waals surface area contributed by atoms with Crippen molar-refractivity contribution in [2.24, 2.45) is 5.92 Å². The van der Waals surface area contributed by atoms with Gasteiger partial charge in [-0.25, -0.2) is 14.0 Å². The number of carboxylic acids is 1. The molecule has 1 unspecified atom stereocenters. The highest BCUT2D eigenvalue weighted by Gasteiger charge is 2.44. The van der Waals surface area contributed by atoms with Crippen molar-refractivity contribution in [3.05, 3.63) is 89.7 Å². The van der Waals surface area contributed by atoms with Crippen LogP contribution in [0.2, 0.25) is 0 Å². The van der Waals surface area contributed by atoms with Gasteiger partial charge in [0.2, 0.25) is 11.7 Å². The molecule has 222 valence electrons. The summed E-state index contributed by atoms with van der Waals surface area (Å²) in [5.74, 6) is -2.25. The number of amides is 2. The molecule has 11 heteroatoms. The van der Waals surface area contributed by atoms with E-state index in [0.29, 0.717) is 23.2 Å². The molecular weight excluding hydrogens is 555 g/mol. The van der Waals surface area contributed by atoms with Crippen LogP contribution in [-0.2, 0) is 20.7 Å². The molecule has 0 saturated heterocycles. The van der Waals surface area contributed by atoms with Gasteiger partial charge in [0.25, 0.3) is 5.89 Å². The van der Waals surface area contributed by atoms with Gasteiger partial charge >= 0.3 is 12.1 Å². The minimum atomic E-state index is -1.21. The van der Waals surface area contributed by atoms with Crippen LogP contribution in [0, 0.1) is 11.7 Å². The van der Waals surface area contributed by atoms with Gasteiger partial charge in [0.1, 0.15) is 17.5 Å². The molecule has 3 N–H and O–H groups in total. The minimum Gasteiger partial charge on any atom is -0.480 e. The van der Waals surface area contributed by atoms with Crippen molar-refractivity contribution < 1.29 is 33.1 Å². The number of anilines is 1. The first kappa shape index (κ1) is 29.4. The maximum atomic E-state index is 15.1. The Hall–Kier alpha value is -5.06. The Bertz CT molecular complexity index is 1630. The van der Waals surface area contributed by atoms with Gasteiger partial charge in [-0.1, -0.05) is 41.6 Å². The Balaban J connectivity index is 1.21. The monoisotopic (exact) mass is 586 g/mol. The van der Waals surface area contributed by atoms with Crippen LogP contribution >= 0.6 is 0 Å². The molecule has 5 rings (SSSR count). The van der Waals surface area contributed by atoms with Crippen molar-refractivity contribution in [3.63, 3.8) is 0 Å². The highest BCUT2D eigenvalue weighted by atomic mass is 19.1. The Kier molecular flexibility index (Phi) is 8.24. The highest BCUT2D eigenvalue weighted by Crippen LogP contribution is 2.47. The van der Waals surface area contributed by atoms with Crippen LogP contribution in [0.15, 0.2) is 77.3 Å². The normalized spacial score (nSPS) is 16.7. The van der Waals surface area contributed by atoms with Crippen molar-refractivity contribution in [1.29, 1.82) is 0 Å². The summed E-state index contributed by atoms with van der Waals surface area (Å²) in [6.45, 7) is 5.30. The SMILES string of the molecule is CC(C)(C)OC(=O)Nc1ccc(-c2nc(-c3ccc(CC(NC(=O)[C@@H]4C[C@H]4c4ccccc4)C(=O)O)cc3F)no2)cc1. The molecule has 2 amide bonds. The smallest absolute Gasteiger partial charge is 0.412 e. The van der Waals surface area contributed by atoms with Crippen molar-refractivity contribution in [3.8, 4) is 22.8 Å². The molecule has 0 radical (unpaired) electrons. The van der Waals surface area contributed by atoms with Crippen molar-refractivity contribution >= 4 is 23.7 Å². The second-order valence-corrected chi connectivity index (χ2v) is 11.4. The lowest BCUT2D eigenvalue weighted by molar-refractivity contribution is -0.142. The first-order chi connectivity index (χ1) is 20.5. The average molecular weight is 587 g/mol. The summed E-state index contributed by atoms with van der Waals surface area (Å²) in [4.78, 5) is 40.9. The van der Waals surface area contributed by atoms with E-state index in [4.69, 9.17) is 9.26 Å². The third-order valence-corrected chi connectivity index (χ3v) is 6.89. The van der Waals surface area contributed by atoms with E-state index in [9.17, 15) is 19.5 Å². The summed E-state index contributed by atoms with van der Waals surface area (Å²) < 4.78 is 25.7. The number of rotatable bonds is 9. The van der Waals surface area contributed by atoms with Crippen LogP contribution in [0.25, 0.3) is 22.8 Å². The predicted octanol–water partition coefficient (Wildman–Crippen LogP) is 5.81. The number of benzene rings is 3. The van der Waals surface area contributed by atoms with Gasteiger partial charge in [0, 0.05) is 23.6 Å². The average Bonchev–Trinajstić information content (AvgIpc) is 3.62. The maximum Gasteiger partial charge on any atom is 0.412 e. The van der Waals surface area contributed by atoms with Crippen LogP contribution in [0.1, 0.15) is 44.2 Å². The third-order valence-electron chi connectivity index (χ3n) is 6.89. The number of halogens is 1. The first-order valence-electron chi connectivity index (χ1n) is 13.8. The number of carbonyl (C=O) groups excluding carboxylic acids is 2.